The Morgan fingerprint density at radius 1 is 0.946 bits per heavy atom. The first-order chi connectivity index (χ1) is 17.8. The van der Waals surface area contributed by atoms with E-state index in [2.05, 4.69) is 20.6 Å². The number of nitrogens with one attached hydrogen (secondary N) is 3. The molecule has 0 unspecified atom stereocenters. The van der Waals surface area contributed by atoms with Crippen molar-refractivity contribution in [3.63, 3.8) is 0 Å². The number of H-pyrrole nitrogens is 1. The van der Waals surface area contributed by atoms with E-state index >= 15 is 0 Å². The van der Waals surface area contributed by atoms with Gasteiger partial charge in [-0.05, 0) is 11.1 Å². The van der Waals surface area contributed by atoms with Gasteiger partial charge in [-0.1, -0.05) is 60.7 Å². The normalized spacial score (nSPS) is 10.5. The summed E-state index contributed by atoms with van der Waals surface area (Å²) in [7, 11) is 3.06. The molecule has 11 nitrogen and oxygen atoms in total. The Morgan fingerprint density at radius 3 is 2.08 bits per heavy atom. The lowest BCUT2D eigenvalue weighted by Crippen LogP contribution is -2.35. The molecule has 3 amide bonds. The molecule has 3 N–H and O–H groups in total. The van der Waals surface area contributed by atoms with Crippen LogP contribution >= 0.6 is 0 Å². The summed E-state index contributed by atoms with van der Waals surface area (Å²) in [6.07, 6.45) is 0.842. The second-order valence-corrected chi connectivity index (χ2v) is 8.16. The van der Waals surface area contributed by atoms with Gasteiger partial charge in [0.15, 0.2) is 12.4 Å². The summed E-state index contributed by atoms with van der Waals surface area (Å²) in [5.74, 6) is -2.76. The van der Waals surface area contributed by atoms with Gasteiger partial charge in [0.05, 0.1) is 12.5 Å². The number of likely N-dealkylation sites (N-methyl/N-ethyl adjacent to an activating group) is 1. The lowest BCUT2D eigenvalue weighted by molar-refractivity contribution is -0.150. The molecule has 0 spiro atoms. The van der Waals surface area contributed by atoms with Crippen LogP contribution in [0.3, 0.4) is 0 Å². The highest BCUT2D eigenvalue weighted by atomic mass is 16.5. The van der Waals surface area contributed by atoms with Crippen molar-refractivity contribution in [3.05, 3.63) is 99.7 Å². The maximum atomic E-state index is 13.0. The average Bonchev–Trinajstić information content (AvgIpc) is 2.91. The van der Waals surface area contributed by atoms with Crippen molar-refractivity contribution in [2.75, 3.05) is 27.2 Å². The van der Waals surface area contributed by atoms with E-state index in [4.69, 9.17) is 4.74 Å². The largest absolute Gasteiger partial charge is 0.456 e. The zero-order chi connectivity index (χ0) is 26.8. The third-order valence-corrected chi connectivity index (χ3v) is 5.27. The number of carbonyl (C=O) groups is 4. The zero-order valence-corrected chi connectivity index (χ0v) is 20.4. The highest BCUT2D eigenvalue weighted by Gasteiger charge is 2.21. The minimum Gasteiger partial charge on any atom is -0.456 e. The van der Waals surface area contributed by atoms with Gasteiger partial charge in [0.25, 0.3) is 23.3 Å². The molecule has 192 valence electrons. The third-order valence-electron chi connectivity index (χ3n) is 5.27. The number of nitrogens with zero attached hydrogens (tertiary/aromatic N) is 2. The summed E-state index contributed by atoms with van der Waals surface area (Å²) in [5, 5.41) is 5.27. The molecule has 0 radical (unpaired) electrons. The number of aromatic nitrogens is 2. The van der Waals surface area contributed by atoms with Crippen molar-refractivity contribution >= 4 is 23.7 Å². The minimum atomic E-state index is -0.792. The van der Waals surface area contributed by atoms with E-state index in [1.807, 2.05) is 60.7 Å². The van der Waals surface area contributed by atoms with Gasteiger partial charge >= 0.3 is 5.97 Å². The Hall–Kier alpha value is -4.80. The summed E-state index contributed by atoms with van der Waals surface area (Å²) in [4.78, 5) is 68.4. The van der Waals surface area contributed by atoms with Gasteiger partial charge in [-0.15, -0.1) is 0 Å². The molecule has 0 saturated carbocycles. The van der Waals surface area contributed by atoms with Crippen molar-refractivity contribution in [1.82, 2.24) is 25.5 Å². The number of aromatic amines is 1. The topological polar surface area (TPSA) is 151 Å². The second-order valence-electron chi connectivity index (χ2n) is 8.16. The molecule has 3 aromatic rings. The number of amides is 3. The fourth-order valence-corrected chi connectivity index (χ4v) is 3.24. The average molecular weight is 506 g/mol. The second kappa shape index (κ2) is 12.8. The molecule has 0 aliphatic carbocycles. The van der Waals surface area contributed by atoms with Gasteiger partial charge < -0.3 is 25.3 Å². The molecule has 0 saturated heterocycles. The first-order valence-electron chi connectivity index (χ1n) is 11.4. The van der Waals surface area contributed by atoms with Gasteiger partial charge in [-0.2, -0.15) is 0 Å². The Bertz CT molecular complexity index is 1270. The molecule has 3 rings (SSSR count). The summed E-state index contributed by atoms with van der Waals surface area (Å²) in [5.41, 5.74) is 0.598. The van der Waals surface area contributed by atoms with Crippen LogP contribution < -0.4 is 16.2 Å². The number of hydrogen-bond donors (Lipinski definition) is 3. The van der Waals surface area contributed by atoms with Gasteiger partial charge in [0.2, 0.25) is 0 Å². The molecule has 0 atom stereocenters. The van der Waals surface area contributed by atoms with Crippen molar-refractivity contribution in [2.45, 2.75) is 12.5 Å². The molecular formula is C26H27N5O6. The highest BCUT2D eigenvalue weighted by Crippen LogP contribution is 2.22. The molecule has 2 aromatic carbocycles. The van der Waals surface area contributed by atoms with Crippen molar-refractivity contribution in [1.29, 1.82) is 0 Å². The summed E-state index contributed by atoms with van der Waals surface area (Å²) in [6.45, 7) is -0.497. The molecule has 11 heteroatoms. The number of ether oxygens (including phenoxy) is 1. The van der Waals surface area contributed by atoms with Crippen LogP contribution in [-0.2, 0) is 14.3 Å². The molecule has 1 aromatic heterocycles. The highest BCUT2D eigenvalue weighted by molar-refractivity contribution is 5.95. The van der Waals surface area contributed by atoms with Gasteiger partial charge in [-0.3, -0.25) is 24.0 Å². The molecule has 0 bridgehead atoms. The smallest absolute Gasteiger partial charge is 0.308 e. The Kier molecular flexibility index (Phi) is 9.25. The SMILES string of the molecule is CN(C)C(=O)COC(=O)CCNC(=O)c1ncc(C(=O)NC(c2ccccc2)c2ccccc2)c(=O)[nH]1. The fraction of sp³-hybridized carbons (Fsp3) is 0.231. The van der Waals surface area contributed by atoms with Crippen LogP contribution in [0.5, 0.6) is 0 Å². The zero-order valence-electron chi connectivity index (χ0n) is 20.4. The quantitative estimate of drug-likeness (QED) is 0.348. The first-order valence-corrected chi connectivity index (χ1v) is 11.4. The molecular weight excluding hydrogens is 478 g/mol. The van der Waals surface area contributed by atoms with Crippen LogP contribution in [-0.4, -0.2) is 65.8 Å². The van der Waals surface area contributed by atoms with E-state index in [0.29, 0.717) is 0 Å². The lowest BCUT2D eigenvalue weighted by Gasteiger charge is -2.19. The van der Waals surface area contributed by atoms with Crippen LogP contribution in [0.25, 0.3) is 0 Å². The molecule has 0 fully saturated rings. The summed E-state index contributed by atoms with van der Waals surface area (Å²) in [6, 6.07) is 18.1. The van der Waals surface area contributed by atoms with Crippen LogP contribution in [0.1, 0.15) is 44.6 Å². The van der Waals surface area contributed by atoms with E-state index < -0.39 is 36.0 Å². The summed E-state index contributed by atoms with van der Waals surface area (Å²) < 4.78 is 4.81. The van der Waals surface area contributed by atoms with Crippen LogP contribution in [0, 0.1) is 0 Å². The van der Waals surface area contributed by atoms with Crippen LogP contribution in [0.4, 0.5) is 0 Å². The summed E-state index contributed by atoms with van der Waals surface area (Å²) >= 11 is 0. The van der Waals surface area contributed by atoms with Crippen LogP contribution in [0.15, 0.2) is 71.7 Å². The van der Waals surface area contributed by atoms with E-state index in [9.17, 15) is 24.0 Å². The molecule has 0 aliphatic rings. The van der Waals surface area contributed by atoms with Crippen molar-refractivity contribution in [3.8, 4) is 0 Å². The molecule has 37 heavy (non-hydrogen) atoms. The van der Waals surface area contributed by atoms with E-state index in [1.165, 1.54) is 19.0 Å². The minimum absolute atomic E-state index is 0.102. The number of esters is 1. The Morgan fingerprint density at radius 2 is 1.54 bits per heavy atom. The number of rotatable bonds is 10. The van der Waals surface area contributed by atoms with E-state index in [0.717, 1.165) is 17.3 Å². The van der Waals surface area contributed by atoms with Gasteiger partial charge in [0.1, 0.15) is 5.56 Å². The molecule has 1 heterocycles. The van der Waals surface area contributed by atoms with Gasteiger partial charge in [-0.25, -0.2) is 4.98 Å². The maximum absolute atomic E-state index is 13.0. The maximum Gasteiger partial charge on any atom is 0.308 e. The monoisotopic (exact) mass is 505 g/mol. The fourth-order valence-electron chi connectivity index (χ4n) is 3.24. The standard InChI is InChI=1S/C26H27N5O6/c1-31(2)20(32)16-37-21(33)13-14-27-26(36)23-28-15-19(25(35)30-23)24(34)29-22(17-9-5-3-6-10-17)18-11-7-4-8-12-18/h3-12,15,22H,13-14,16H2,1-2H3,(H,27,36)(H,29,34)(H,28,30,35). The predicted molar refractivity (Wildman–Crippen MR) is 134 cm³/mol. The van der Waals surface area contributed by atoms with Crippen molar-refractivity contribution in [2.24, 2.45) is 0 Å². The van der Waals surface area contributed by atoms with Gasteiger partial charge in [0, 0.05) is 26.8 Å². The Balaban J connectivity index is 1.61. The number of hydrogen-bond acceptors (Lipinski definition) is 7. The van der Waals surface area contributed by atoms with E-state index in [1.54, 1.807) is 0 Å². The van der Waals surface area contributed by atoms with E-state index in [-0.39, 0.29) is 30.3 Å². The predicted octanol–water partition coefficient (Wildman–Crippen LogP) is 1.04. The number of carbonyl (C=O) groups excluding carboxylic acids is 4. The molecule has 0 aliphatic heterocycles. The third kappa shape index (κ3) is 7.59. The first kappa shape index (κ1) is 26.8. The number of benzene rings is 2. The van der Waals surface area contributed by atoms with Crippen LogP contribution in [0.2, 0.25) is 0 Å². The lowest BCUT2D eigenvalue weighted by atomic mass is 9.98. The van der Waals surface area contributed by atoms with Crippen molar-refractivity contribution < 1.29 is 23.9 Å². The Labute approximate surface area is 212 Å².